The quantitative estimate of drug-likeness (QED) is 0.0910. The lowest BCUT2D eigenvalue weighted by Gasteiger charge is -2.59. The van der Waals surface area contributed by atoms with Crippen LogP contribution >= 0.6 is 46.4 Å². The molecule has 0 N–H and O–H groups in total. The molecule has 2 aromatic heterocycles. The van der Waals surface area contributed by atoms with E-state index in [9.17, 15) is 9.59 Å². The number of carbonyl (C=O) groups excluding carboxylic acids is 2. The van der Waals surface area contributed by atoms with E-state index in [-0.39, 0.29) is 35.1 Å². The minimum Gasteiger partial charge on any atom is -0.383 e. The predicted molar refractivity (Wildman–Crippen MR) is 227 cm³/mol. The van der Waals surface area contributed by atoms with Crippen molar-refractivity contribution in [1.29, 1.82) is 0 Å². The van der Waals surface area contributed by atoms with Crippen molar-refractivity contribution < 1.29 is 28.5 Å². The maximum atomic E-state index is 13.5. The number of halogens is 4. The Labute approximate surface area is 370 Å². The average Bonchev–Trinajstić information content (AvgIpc) is 3.83. The number of carbonyl (C=O) groups is 2. The highest BCUT2D eigenvalue weighted by Gasteiger charge is 2.56. The maximum absolute atomic E-state index is 13.5. The fourth-order valence-corrected chi connectivity index (χ4v) is 14.3. The van der Waals surface area contributed by atoms with Crippen LogP contribution in [0, 0.1) is 46.3 Å². The van der Waals surface area contributed by atoms with Crippen LogP contribution in [0.5, 0.6) is 12.0 Å². The first-order valence-electron chi connectivity index (χ1n) is 21.6. The van der Waals surface area contributed by atoms with Gasteiger partial charge in [0.25, 0.3) is 0 Å². The van der Waals surface area contributed by atoms with Gasteiger partial charge in [0.1, 0.15) is 0 Å². The van der Waals surface area contributed by atoms with Crippen molar-refractivity contribution >= 4 is 58.3 Å². The number of imidazole rings is 2. The van der Waals surface area contributed by atoms with E-state index in [0.717, 1.165) is 49.7 Å². The number of hydrogen-bond acceptors (Lipinski definition) is 8. The Hall–Kier alpha value is -3.12. The minimum absolute atomic E-state index is 0.000661. The van der Waals surface area contributed by atoms with Gasteiger partial charge < -0.3 is 18.9 Å². The molecule has 2 unspecified atom stereocenters. The second kappa shape index (κ2) is 16.5. The normalized spacial score (nSPS) is 30.7. The molecule has 10 nitrogen and oxygen atoms in total. The first kappa shape index (κ1) is 40.9. The van der Waals surface area contributed by atoms with Gasteiger partial charge in [-0.25, -0.2) is 19.6 Å². The third kappa shape index (κ3) is 8.26. The zero-order valence-corrected chi connectivity index (χ0v) is 36.5. The molecule has 0 aliphatic heterocycles. The van der Waals surface area contributed by atoms with E-state index in [1.165, 1.54) is 38.5 Å². The largest absolute Gasteiger partial charge is 0.425 e. The molecule has 8 aliphatic rings. The lowest BCUT2D eigenvalue weighted by atomic mass is 9.48. The number of benzene rings is 2. The van der Waals surface area contributed by atoms with Gasteiger partial charge in [-0.3, -0.25) is 9.13 Å². The van der Waals surface area contributed by atoms with E-state index in [2.05, 4.69) is 9.97 Å². The molecule has 0 spiro atoms. The van der Waals surface area contributed by atoms with Crippen LogP contribution in [0.3, 0.4) is 0 Å². The molecular formula is C46H50Cl4N4O6. The Morgan fingerprint density at radius 1 is 0.583 bits per heavy atom. The summed E-state index contributed by atoms with van der Waals surface area (Å²) in [5.41, 5.74) is 1.68. The molecule has 0 saturated heterocycles. The van der Waals surface area contributed by atoms with Crippen LogP contribution in [-0.2, 0) is 45.4 Å². The summed E-state index contributed by atoms with van der Waals surface area (Å²) >= 11 is 25.6. The summed E-state index contributed by atoms with van der Waals surface area (Å²) in [6.07, 6.45) is 20.6. The lowest BCUT2D eigenvalue weighted by Crippen LogP contribution is -2.53. The third-order valence-corrected chi connectivity index (χ3v) is 16.2. The molecule has 0 radical (unpaired) electrons. The Balaban J connectivity index is 0.835. The highest BCUT2D eigenvalue weighted by atomic mass is 35.5. The first-order valence-corrected chi connectivity index (χ1v) is 23.1. The molecular weight excluding hydrogens is 846 g/mol. The van der Waals surface area contributed by atoms with Gasteiger partial charge in [-0.05, 0) is 159 Å². The Bertz CT molecular complexity index is 2030. The molecule has 2 atom stereocenters. The van der Waals surface area contributed by atoms with Crippen molar-refractivity contribution in [3.8, 4) is 12.0 Å². The molecule has 318 valence electrons. The van der Waals surface area contributed by atoms with Crippen LogP contribution in [0.25, 0.3) is 0 Å². The van der Waals surface area contributed by atoms with Gasteiger partial charge in [0.15, 0.2) is 0 Å². The standard InChI is InChI=1S/C46H50Cl4N4O6/c47-35-3-1-33(37(49)15-35)25-57-39(45-17-27-9-28(18-45)11-29(10-27)19-45)23-53-7-5-51-43(53)59-41(55)42(56)60-44-52-6-8-54(44)24-40(58-26-34-2-4-36(48)16-38(34)50)46-20-30-12-31(21-46)14-32(13-30)22-46/h1-8,15-16,27-32,39-40H,9-14,17-26H2. The highest BCUT2D eigenvalue weighted by Crippen LogP contribution is 2.63. The van der Waals surface area contributed by atoms with E-state index in [1.54, 1.807) is 46.1 Å². The smallest absolute Gasteiger partial charge is 0.383 e. The monoisotopic (exact) mass is 894 g/mol. The minimum atomic E-state index is -1.19. The summed E-state index contributed by atoms with van der Waals surface area (Å²) in [7, 11) is 0. The summed E-state index contributed by atoms with van der Waals surface area (Å²) < 4.78 is 28.5. The fraction of sp³-hybridized carbons (Fsp3) is 0.565. The average molecular weight is 897 g/mol. The molecule has 0 amide bonds. The summed E-state index contributed by atoms with van der Waals surface area (Å²) in [5, 5.41) is 2.25. The molecule has 4 aromatic rings. The molecule has 2 aromatic carbocycles. The van der Waals surface area contributed by atoms with Crippen molar-refractivity contribution in [3.05, 3.63) is 92.4 Å². The van der Waals surface area contributed by atoms with Crippen molar-refractivity contribution in [2.45, 2.75) is 116 Å². The van der Waals surface area contributed by atoms with E-state index >= 15 is 0 Å². The second-order valence-electron chi connectivity index (χ2n) is 19.1. The highest BCUT2D eigenvalue weighted by molar-refractivity contribution is 6.35. The number of esters is 2. The van der Waals surface area contributed by atoms with Gasteiger partial charge in [-0.1, -0.05) is 58.5 Å². The molecule has 14 heteroatoms. The van der Waals surface area contributed by atoms with Gasteiger partial charge >= 0.3 is 24.0 Å². The summed E-state index contributed by atoms with van der Waals surface area (Å²) in [4.78, 5) is 35.6. The molecule has 8 bridgehead atoms. The number of hydrogen-bond donors (Lipinski definition) is 0. The van der Waals surface area contributed by atoms with Crippen LogP contribution in [0.4, 0.5) is 0 Å². The topological polar surface area (TPSA) is 107 Å². The van der Waals surface area contributed by atoms with Gasteiger partial charge in [0, 0.05) is 44.9 Å². The van der Waals surface area contributed by atoms with E-state index in [1.807, 2.05) is 24.3 Å². The Morgan fingerprint density at radius 2 is 0.933 bits per heavy atom. The van der Waals surface area contributed by atoms with Gasteiger partial charge in [-0.15, -0.1) is 0 Å². The first-order chi connectivity index (χ1) is 29.0. The summed E-state index contributed by atoms with van der Waals surface area (Å²) in [6, 6.07) is 10.9. The molecule has 8 saturated carbocycles. The van der Waals surface area contributed by atoms with Gasteiger partial charge in [-0.2, -0.15) is 0 Å². The zero-order valence-electron chi connectivity index (χ0n) is 33.5. The van der Waals surface area contributed by atoms with Crippen LogP contribution in [0.1, 0.15) is 88.2 Å². The summed E-state index contributed by atoms with van der Waals surface area (Å²) in [6.45, 7) is 1.42. The number of rotatable bonds is 14. The van der Waals surface area contributed by atoms with E-state index in [0.29, 0.717) is 81.9 Å². The fourth-order valence-electron chi connectivity index (χ4n) is 13.3. The predicted octanol–water partition coefficient (Wildman–Crippen LogP) is 10.8. The van der Waals surface area contributed by atoms with Crippen molar-refractivity contribution in [1.82, 2.24) is 19.1 Å². The lowest BCUT2D eigenvalue weighted by molar-refractivity contribution is -0.159. The molecule has 12 rings (SSSR count). The number of aromatic nitrogens is 4. The van der Waals surface area contributed by atoms with Gasteiger partial charge in [0.05, 0.1) is 38.5 Å². The SMILES string of the molecule is O=C(Oc1nccn1CC(OCc1ccc(Cl)cc1Cl)C12CC3CC(CC(C3)C1)C2)C(=O)Oc1nccn1CC(OCc1ccc(Cl)cc1Cl)C12CC3CC(CC(C3)C1)C2. The number of nitrogens with zero attached hydrogens (tertiary/aromatic N) is 4. The van der Waals surface area contributed by atoms with Crippen LogP contribution in [0.2, 0.25) is 20.1 Å². The maximum Gasteiger partial charge on any atom is 0.425 e. The van der Waals surface area contributed by atoms with Crippen LogP contribution < -0.4 is 9.47 Å². The Morgan fingerprint density at radius 3 is 1.27 bits per heavy atom. The van der Waals surface area contributed by atoms with Crippen LogP contribution in [-0.4, -0.2) is 43.2 Å². The molecule has 2 heterocycles. The van der Waals surface area contributed by atoms with Crippen molar-refractivity contribution in [2.75, 3.05) is 0 Å². The Kier molecular flexibility index (Phi) is 11.3. The zero-order chi connectivity index (χ0) is 41.2. The molecule has 8 fully saturated rings. The molecule has 60 heavy (non-hydrogen) atoms. The van der Waals surface area contributed by atoms with Crippen molar-refractivity contribution in [3.63, 3.8) is 0 Å². The number of ether oxygens (including phenoxy) is 4. The van der Waals surface area contributed by atoms with E-state index < -0.39 is 11.9 Å². The second-order valence-corrected chi connectivity index (χ2v) is 20.8. The van der Waals surface area contributed by atoms with Crippen molar-refractivity contribution in [2.24, 2.45) is 46.3 Å². The van der Waals surface area contributed by atoms with Gasteiger partial charge in [0.2, 0.25) is 0 Å². The van der Waals surface area contributed by atoms with E-state index in [4.69, 9.17) is 65.4 Å². The molecule has 8 aliphatic carbocycles. The van der Waals surface area contributed by atoms with Crippen LogP contribution in [0.15, 0.2) is 61.2 Å². The third-order valence-electron chi connectivity index (χ3n) is 15.1. The summed E-state index contributed by atoms with van der Waals surface area (Å²) in [5.74, 6) is 1.79.